The molecule has 0 fully saturated rings. The van der Waals surface area contributed by atoms with Gasteiger partial charge in [-0.15, -0.1) is 0 Å². The molecule has 0 bridgehead atoms. The second-order valence-corrected chi connectivity index (χ2v) is 3.50. The van der Waals surface area contributed by atoms with Crippen LogP contribution in [0.4, 0.5) is 0 Å². The highest BCUT2D eigenvalue weighted by Crippen LogP contribution is 2.21. The Hall–Kier alpha value is -0.900. The number of esters is 1. The predicted molar refractivity (Wildman–Crippen MR) is 52.8 cm³/mol. The van der Waals surface area contributed by atoms with E-state index in [0.717, 1.165) is 11.4 Å². The van der Waals surface area contributed by atoms with Gasteiger partial charge in [0.15, 0.2) is 0 Å². The number of methoxy groups -OCH3 is 1. The van der Waals surface area contributed by atoms with Crippen LogP contribution < -0.4 is 0 Å². The van der Waals surface area contributed by atoms with Gasteiger partial charge in [0.25, 0.3) is 0 Å². The first-order valence-electron chi connectivity index (χ1n) is 3.78. The van der Waals surface area contributed by atoms with Crippen LogP contribution in [-0.2, 0) is 4.74 Å². The Morgan fingerprint density at radius 1 is 1.54 bits per heavy atom. The normalized spacial score (nSPS) is 9.85. The predicted octanol–water partition coefficient (Wildman–Crippen LogP) is 2.25. The maximum atomic E-state index is 11.3. The van der Waals surface area contributed by atoms with E-state index < -0.39 is 0 Å². The van der Waals surface area contributed by atoms with Gasteiger partial charge in [-0.25, -0.2) is 4.79 Å². The van der Waals surface area contributed by atoms with Crippen LogP contribution in [0.1, 0.15) is 21.7 Å². The van der Waals surface area contributed by atoms with E-state index in [1.807, 2.05) is 13.8 Å². The van der Waals surface area contributed by atoms with Gasteiger partial charge in [-0.05, 0) is 35.8 Å². The summed E-state index contributed by atoms with van der Waals surface area (Å²) in [7, 11) is 1.36. The molecular weight excluding hydrogens is 234 g/mol. The molecule has 0 aliphatic heterocycles. The highest BCUT2D eigenvalue weighted by molar-refractivity contribution is 9.10. The van der Waals surface area contributed by atoms with Gasteiger partial charge < -0.3 is 4.74 Å². The number of nitrogens with zero attached hydrogens (tertiary/aromatic N) is 1. The van der Waals surface area contributed by atoms with Gasteiger partial charge in [0.2, 0.25) is 0 Å². The highest BCUT2D eigenvalue weighted by Gasteiger charge is 2.13. The molecule has 0 aromatic carbocycles. The van der Waals surface area contributed by atoms with E-state index in [-0.39, 0.29) is 5.97 Å². The third-order valence-electron chi connectivity index (χ3n) is 1.66. The Morgan fingerprint density at radius 2 is 2.15 bits per heavy atom. The molecule has 1 aromatic heterocycles. The van der Waals surface area contributed by atoms with E-state index in [1.54, 1.807) is 6.07 Å². The summed E-state index contributed by atoms with van der Waals surface area (Å²) in [4.78, 5) is 15.5. The maximum Gasteiger partial charge on any atom is 0.339 e. The molecule has 1 heterocycles. The molecular formula is C9H10BrNO2. The van der Waals surface area contributed by atoms with E-state index in [2.05, 4.69) is 25.7 Å². The van der Waals surface area contributed by atoms with Gasteiger partial charge in [-0.3, -0.25) is 4.98 Å². The van der Waals surface area contributed by atoms with Crippen molar-refractivity contribution in [2.75, 3.05) is 7.11 Å². The number of carbonyl (C=O) groups is 1. The lowest BCUT2D eigenvalue weighted by molar-refractivity contribution is 0.0599. The fourth-order valence-electron chi connectivity index (χ4n) is 1.07. The van der Waals surface area contributed by atoms with Crippen LogP contribution in [0, 0.1) is 13.8 Å². The van der Waals surface area contributed by atoms with Crippen molar-refractivity contribution in [1.29, 1.82) is 0 Å². The number of carbonyl (C=O) groups excluding carboxylic acids is 1. The van der Waals surface area contributed by atoms with Crippen LogP contribution in [0.3, 0.4) is 0 Å². The maximum absolute atomic E-state index is 11.3. The minimum absolute atomic E-state index is 0.347. The second-order valence-electron chi connectivity index (χ2n) is 2.70. The molecule has 0 radical (unpaired) electrons. The molecule has 13 heavy (non-hydrogen) atoms. The van der Waals surface area contributed by atoms with Crippen molar-refractivity contribution in [1.82, 2.24) is 4.98 Å². The van der Waals surface area contributed by atoms with Gasteiger partial charge in [0.1, 0.15) is 0 Å². The highest BCUT2D eigenvalue weighted by atomic mass is 79.9. The zero-order valence-corrected chi connectivity index (χ0v) is 9.31. The van der Waals surface area contributed by atoms with Crippen LogP contribution in [0.5, 0.6) is 0 Å². The van der Waals surface area contributed by atoms with Gasteiger partial charge in [-0.2, -0.15) is 0 Å². The Balaban J connectivity index is 3.28. The fraction of sp³-hybridized carbons (Fsp3) is 0.333. The Morgan fingerprint density at radius 3 is 2.69 bits per heavy atom. The molecule has 0 unspecified atom stereocenters. The molecule has 4 heteroatoms. The summed E-state index contributed by atoms with van der Waals surface area (Å²) in [6.45, 7) is 3.68. The number of ether oxygens (including phenoxy) is 1. The molecule has 1 aromatic rings. The van der Waals surface area contributed by atoms with Crippen LogP contribution in [0.15, 0.2) is 10.5 Å². The monoisotopic (exact) mass is 243 g/mol. The zero-order chi connectivity index (χ0) is 10.0. The van der Waals surface area contributed by atoms with E-state index in [4.69, 9.17) is 0 Å². The molecule has 0 aliphatic carbocycles. The molecule has 0 aliphatic rings. The molecule has 3 nitrogen and oxygen atoms in total. The zero-order valence-electron chi connectivity index (χ0n) is 7.72. The third-order valence-corrected chi connectivity index (χ3v) is 2.66. The van der Waals surface area contributed by atoms with Crippen LogP contribution in [-0.4, -0.2) is 18.1 Å². The van der Waals surface area contributed by atoms with Crippen molar-refractivity contribution in [2.45, 2.75) is 13.8 Å². The Bertz CT molecular complexity index is 350. The summed E-state index contributed by atoms with van der Waals surface area (Å²) in [6.07, 6.45) is 0. The lowest BCUT2D eigenvalue weighted by atomic mass is 10.2. The molecule has 0 spiro atoms. The number of hydrogen-bond donors (Lipinski definition) is 0. The lowest BCUT2D eigenvalue weighted by Crippen LogP contribution is -2.05. The van der Waals surface area contributed by atoms with E-state index in [9.17, 15) is 4.79 Å². The summed E-state index contributed by atoms with van der Waals surface area (Å²) in [5.41, 5.74) is 2.12. The van der Waals surface area contributed by atoms with Gasteiger partial charge >= 0.3 is 5.97 Å². The second kappa shape index (κ2) is 3.87. The standard InChI is InChI=1S/C9H10BrNO2/c1-5-4-7(9(12)13-3)8(10)6(2)11-5/h4H,1-3H3. The lowest BCUT2D eigenvalue weighted by Gasteiger charge is -2.05. The number of aromatic nitrogens is 1. The first-order chi connectivity index (χ1) is 6.06. The number of hydrogen-bond acceptors (Lipinski definition) is 3. The average Bonchev–Trinajstić information content (AvgIpc) is 2.10. The summed E-state index contributed by atoms with van der Waals surface area (Å²) in [5.74, 6) is -0.347. The van der Waals surface area contributed by atoms with Crippen LogP contribution in [0.2, 0.25) is 0 Å². The summed E-state index contributed by atoms with van der Waals surface area (Å²) < 4.78 is 5.33. The van der Waals surface area contributed by atoms with Crippen LogP contribution in [0.25, 0.3) is 0 Å². The third kappa shape index (κ3) is 2.06. The topological polar surface area (TPSA) is 39.2 Å². The SMILES string of the molecule is COC(=O)c1cc(C)nc(C)c1Br. The van der Waals surface area contributed by atoms with E-state index in [1.165, 1.54) is 7.11 Å². The van der Waals surface area contributed by atoms with Crippen LogP contribution >= 0.6 is 15.9 Å². The van der Waals surface area contributed by atoms with Gasteiger partial charge in [0, 0.05) is 5.69 Å². The number of rotatable bonds is 1. The molecule has 0 saturated carbocycles. The summed E-state index contributed by atoms with van der Waals surface area (Å²) in [6, 6.07) is 1.70. The molecule has 0 amide bonds. The molecule has 1 rings (SSSR count). The Kier molecular flexibility index (Phi) is 3.03. The minimum Gasteiger partial charge on any atom is -0.465 e. The van der Waals surface area contributed by atoms with Crippen molar-refractivity contribution in [3.8, 4) is 0 Å². The van der Waals surface area contributed by atoms with Crippen molar-refractivity contribution >= 4 is 21.9 Å². The van der Waals surface area contributed by atoms with E-state index in [0.29, 0.717) is 10.0 Å². The fourth-order valence-corrected chi connectivity index (χ4v) is 1.44. The Labute approximate surface area is 85.3 Å². The molecule has 0 saturated heterocycles. The summed E-state index contributed by atoms with van der Waals surface area (Å²) >= 11 is 3.29. The first-order valence-corrected chi connectivity index (χ1v) is 4.57. The van der Waals surface area contributed by atoms with Gasteiger partial charge in [-0.1, -0.05) is 0 Å². The first kappa shape index (κ1) is 10.2. The number of aryl methyl sites for hydroxylation is 2. The molecule has 0 N–H and O–H groups in total. The summed E-state index contributed by atoms with van der Waals surface area (Å²) in [5, 5.41) is 0. The largest absolute Gasteiger partial charge is 0.465 e. The van der Waals surface area contributed by atoms with Gasteiger partial charge in [0.05, 0.1) is 22.8 Å². The number of halogens is 1. The van der Waals surface area contributed by atoms with Crippen molar-refractivity contribution in [2.24, 2.45) is 0 Å². The van der Waals surface area contributed by atoms with Crippen molar-refractivity contribution < 1.29 is 9.53 Å². The van der Waals surface area contributed by atoms with Crippen molar-refractivity contribution in [3.63, 3.8) is 0 Å². The minimum atomic E-state index is -0.347. The number of pyridine rings is 1. The smallest absolute Gasteiger partial charge is 0.339 e. The average molecular weight is 244 g/mol. The van der Waals surface area contributed by atoms with Crippen molar-refractivity contribution in [3.05, 3.63) is 27.5 Å². The van der Waals surface area contributed by atoms with E-state index >= 15 is 0 Å². The molecule has 70 valence electrons. The quantitative estimate of drug-likeness (QED) is 0.711. The molecule has 0 atom stereocenters.